The summed E-state index contributed by atoms with van der Waals surface area (Å²) in [6.07, 6.45) is 52.7. The summed E-state index contributed by atoms with van der Waals surface area (Å²) >= 11 is 4.31. The van der Waals surface area contributed by atoms with Gasteiger partial charge in [-0.25, -0.2) is 0 Å². The van der Waals surface area contributed by atoms with Crippen molar-refractivity contribution in [3.05, 3.63) is 35.9 Å². The van der Waals surface area contributed by atoms with Crippen LogP contribution in [0, 0.1) is 0 Å². The van der Waals surface area contributed by atoms with Crippen LogP contribution >= 0.6 is 0 Å². The van der Waals surface area contributed by atoms with Crippen LogP contribution in [-0.2, 0) is 48.2 Å². The molecule has 1 unspecified atom stereocenters. The molecular formula is C59H107NaO10S2. The van der Waals surface area contributed by atoms with Gasteiger partial charge in [0.05, 0.1) is 19.2 Å². The molecule has 0 saturated heterocycles. The number of carboxylic acid groups (broad SMARTS) is 1. The zero-order chi connectivity index (χ0) is 51.1. The molecular weight excluding hydrogens is 956 g/mol. The Kier molecular flexibility index (Phi) is 57.5. The molecule has 1 atom stereocenters. The van der Waals surface area contributed by atoms with E-state index in [2.05, 4.69) is 11.2 Å². The Labute approximate surface area is 469 Å². The van der Waals surface area contributed by atoms with Crippen LogP contribution in [0.15, 0.2) is 30.3 Å². The van der Waals surface area contributed by atoms with Crippen molar-refractivity contribution in [2.75, 3.05) is 66.1 Å². The van der Waals surface area contributed by atoms with Gasteiger partial charge in [-0.15, -0.1) is 0 Å². The van der Waals surface area contributed by atoms with Crippen molar-refractivity contribution in [3.8, 4) is 5.75 Å². The number of aliphatic carboxylic acids is 1. The van der Waals surface area contributed by atoms with E-state index in [-0.39, 0.29) is 36.2 Å². The Morgan fingerprint density at radius 1 is 0.403 bits per heavy atom. The molecule has 0 spiro atoms. The van der Waals surface area contributed by atoms with Crippen LogP contribution in [-0.4, -0.2) is 80.8 Å². The first-order chi connectivity index (χ1) is 34.9. The van der Waals surface area contributed by atoms with Crippen LogP contribution in [0.2, 0.25) is 0 Å². The number of carbonyl (C=O) groups excluding carboxylic acids is 1. The normalized spacial score (nSPS) is 12.4. The van der Waals surface area contributed by atoms with Gasteiger partial charge in [-0.2, -0.15) is 4.21 Å². The summed E-state index contributed by atoms with van der Waals surface area (Å²) in [5, 5.41) is 10.5. The molecule has 0 heterocycles. The van der Waals surface area contributed by atoms with E-state index >= 15 is 0 Å². The topological polar surface area (TPSA) is 133 Å². The molecule has 0 fully saturated rings. The summed E-state index contributed by atoms with van der Waals surface area (Å²) in [4.78, 5) is 10.5. The maximum absolute atomic E-state index is 10.9. The molecule has 0 radical (unpaired) electrons. The molecule has 72 heavy (non-hydrogen) atoms. The Balaban J connectivity index is 0.0000504. The largest absolute Gasteiger partial charge is 1.00 e. The van der Waals surface area contributed by atoms with Gasteiger partial charge in [0.2, 0.25) is 0 Å². The van der Waals surface area contributed by atoms with Crippen LogP contribution in [0.25, 0.3) is 6.08 Å². The van der Waals surface area contributed by atoms with E-state index in [1.807, 2.05) is 24.3 Å². The zero-order valence-electron chi connectivity index (χ0n) is 46.3. The van der Waals surface area contributed by atoms with E-state index in [1.165, 1.54) is 231 Å². The predicted octanol–water partition coefficient (Wildman–Crippen LogP) is 12.7. The fourth-order valence-corrected chi connectivity index (χ4v) is 9.27. The second-order valence-corrected chi connectivity index (χ2v) is 22.3. The smallest absolute Gasteiger partial charge is 0.545 e. The van der Waals surface area contributed by atoms with Crippen LogP contribution in [0.3, 0.4) is 0 Å². The van der Waals surface area contributed by atoms with Gasteiger partial charge in [0, 0.05) is 64.0 Å². The van der Waals surface area contributed by atoms with E-state index < -0.39 is 15.0 Å². The standard InChI is InChI=1S/C59H108O10S2.Na/c60-59(61)46-43-57-41-44-58(45-42-57)68-55-39-29-19-9-7-17-27-37-53-66-51-35-25-15-5-3-13-23-33-49-64-47-31-21-11-1-2-12-22-32-48-65-50-34-24-14-4-6-16-26-36-52-67-54-38-28-18-8-10-20-30-40-56-69-71(62,63)70;/h41-46H,1-40,47-56H2,(H,60,61)(H,62,63,70);/q;+1/p-1/b46-43+;. The SMILES string of the molecule is O=C([O-])/C=C/c1ccc(OCCCCCCCCCCOCCCCCCCCCCOCCCCCCCCCCOCCCCCCCCCCOCCCCCCCCCCOS(=O)(O)=S)cc1.[Na+]. The van der Waals surface area contributed by atoms with Crippen LogP contribution in [0.5, 0.6) is 5.75 Å². The fourth-order valence-electron chi connectivity index (χ4n) is 8.74. The van der Waals surface area contributed by atoms with Gasteiger partial charge in [0.1, 0.15) is 5.75 Å². The summed E-state index contributed by atoms with van der Waals surface area (Å²) in [6.45, 7) is 8.37. The van der Waals surface area contributed by atoms with E-state index in [0.717, 1.165) is 102 Å². The number of rotatable bonds is 59. The maximum Gasteiger partial charge on any atom is 1.00 e. The van der Waals surface area contributed by atoms with Gasteiger partial charge in [0.15, 0.2) is 0 Å². The van der Waals surface area contributed by atoms with Crippen molar-refractivity contribution in [2.45, 2.75) is 257 Å². The average molecular weight is 1060 g/mol. The monoisotopic (exact) mass is 1060 g/mol. The third kappa shape index (κ3) is 58.6. The molecule has 1 aromatic rings. The van der Waals surface area contributed by atoms with Crippen LogP contribution < -0.4 is 39.4 Å². The Hall–Kier alpha value is -0.640. The maximum atomic E-state index is 10.9. The minimum atomic E-state index is -3.45. The van der Waals surface area contributed by atoms with Crippen molar-refractivity contribution in [1.82, 2.24) is 0 Å². The number of benzene rings is 1. The van der Waals surface area contributed by atoms with Gasteiger partial charge in [-0.1, -0.05) is 211 Å². The van der Waals surface area contributed by atoms with Crippen molar-refractivity contribution < 1.29 is 76.1 Å². The van der Waals surface area contributed by atoms with E-state index in [9.17, 15) is 14.1 Å². The third-order valence-corrected chi connectivity index (χ3v) is 13.9. The molecule has 0 aliphatic heterocycles. The first kappa shape index (κ1) is 71.4. The van der Waals surface area contributed by atoms with Gasteiger partial charge in [-0.05, 0) is 88.0 Å². The summed E-state index contributed by atoms with van der Waals surface area (Å²) in [7, 11) is -3.45. The van der Waals surface area contributed by atoms with Crippen molar-refractivity contribution in [3.63, 3.8) is 0 Å². The van der Waals surface area contributed by atoms with Gasteiger partial charge < -0.3 is 33.6 Å². The molecule has 416 valence electrons. The molecule has 10 nitrogen and oxygen atoms in total. The predicted molar refractivity (Wildman–Crippen MR) is 298 cm³/mol. The fraction of sp³-hybridized carbons (Fsp3) is 0.847. The minimum Gasteiger partial charge on any atom is -0.545 e. The minimum absolute atomic E-state index is 0. The van der Waals surface area contributed by atoms with Gasteiger partial charge in [0.25, 0.3) is 9.05 Å². The zero-order valence-corrected chi connectivity index (χ0v) is 49.9. The molecule has 13 heteroatoms. The van der Waals surface area contributed by atoms with Gasteiger partial charge >= 0.3 is 29.6 Å². The second kappa shape index (κ2) is 58.1. The molecule has 0 aliphatic carbocycles. The summed E-state index contributed by atoms with van der Waals surface area (Å²) in [5.41, 5.74) is 0.817. The number of hydrogen-bond donors (Lipinski definition) is 1. The Morgan fingerprint density at radius 3 is 0.861 bits per heavy atom. The van der Waals surface area contributed by atoms with E-state index in [4.69, 9.17) is 32.4 Å². The summed E-state index contributed by atoms with van der Waals surface area (Å²) < 4.78 is 53.8. The molecule has 1 N–H and O–H groups in total. The molecule has 0 aromatic heterocycles. The summed E-state index contributed by atoms with van der Waals surface area (Å²) in [5.74, 6) is -0.370. The molecule has 1 aromatic carbocycles. The van der Waals surface area contributed by atoms with Crippen LogP contribution in [0.1, 0.15) is 262 Å². The quantitative estimate of drug-likeness (QED) is 0.0380. The van der Waals surface area contributed by atoms with Crippen molar-refractivity contribution in [1.29, 1.82) is 0 Å². The Morgan fingerprint density at radius 2 is 0.625 bits per heavy atom. The number of hydrogen-bond acceptors (Lipinski definition) is 10. The van der Waals surface area contributed by atoms with Gasteiger partial charge in [-0.3, -0.25) is 8.74 Å². The average Bonchev–Trinajstić information content (AvgIpc) is 3.35. The molecule has 0 bridgehead atoms. The second-order valence-electron chi connectivity index (χ2n) is 19.9. The summed E-state index contributed by atoms with van der Waals surface area (Å²) in [6, 6.07) is 7.44. The number of carboxylic acids is 1. The van der Waals surface area contributed by atoms with E-state index in [1.54, 1.807) is 0 Å². The van der Waals surface area contributed by atoms with Crippen molar-refractivity contribution >= 4 is 32.3 Å². The number of carbonyl (C=O) groups is 1. The third-order valence-electron chi connectivity index (χ3n) is 13.1. The first-order valence-corrected chi connectivity index (χ1v) is 31.8. The molecule has 0 aliphatic rings. The van der Waals surface area contributed by atoms with Crippen molar-refractivity contribution in [2.24, 2.45) is 0 Å². The Bertz CT molecular complexity index is 1380. The molecule has 0 amide bonds. The van der Waals surface area contributed by atoms with E-state index in [0.29, 0.717) is 6.61 Å². The first-order valence-electron chi connectivity index (χ1n) is 29.4. The van der Waals surface area contributed by atoms with Crippen LogP contribution in [0.4, 0.5) is 0 Å². The number of ether oxygens (including phenoxy) is 5. The number of unbranched alkanes of at least 4 members (excludes halogenated alkanes) is 35. The molecule has 1 rings (SSSR count). The molecule has 0 saturated carbocycles.